The van der Waals surface area contributed by atoms with Crippen LogP contribution in [0.2, 0.25) is 5.02 Å². The fraction of sp³-hybridized carbons (Fsp3) is 0.148. The van der Waals surface area contributed by atoms with E-state index in [2.05, 4.69) is 15.9 Å². The van der Waals surface area contributed by atoms with Gasteiger partial charge in [-0.3, -0.25) is 14.5 Å². The number of anilines is 1. The van der Waals surface area contributed by atoms with E-state index in [-0.39, 0.29) is 23.3 Å². The summed E-state index contributed by atoms with van der Waals surface area (Å²) in [6, 6.07) is 19.8. The predicted octanol–water partition coefficient (Wildman–Crippen LogP) is 5.84. The van der Waals surface area contributed by atoms with Crippen LogP contribution in [-0.4, -0.2) is 42.7 Å². The van der Waals surface area contributed by atoms with Gasteiger partial charge in [0.25, 0.3) is 5.91 Å². The topological polar surface area (TPSA) is 68.3 Å². The number of ether oxygens (including phenoxy) is 3. The normalized spacial score (nSPS) is 14.3. The first-order chi connectivity index (χ1) is 17.8. The van der Waals surface area contributed by atoms with E-state index in [4.69, 9.17) is 38.0 Å². The van der Waals surface area contributed by atoms with Crippen molar-refractivity contribution in [3.05, 3.63) is 93.0 Å². The molecule has 0 N–H and O–H groups in total. The summed E-state index contributed by atoms with van der Waals surface area (Å²) in [5, 5.41) is 0.684. The smallest absolute Gasteiger partial charge is 0.325 e. The number of rotatable bonds is 8. The zero-order valence-corrected chi connectivity index (χ0v) is 23.1. The standard InChI is InChI=1S/C27H22BrClN2O5S/c1-34-24-14-18(5-12-23(24)36-16-17-3-6-19(28)7-4-17)13-22-26(33)31(21-10-8-20(29)9-11-21)27(37)30(22)15-25(32)35-2/h3-14H,15-16H2,1-2H3/b22-13-. The lowest BCUT2D eigenvalue weighted by molar-refractivity contribution is -0.140. The van der Waals surface area contributed by atoms with Crippen molar-refractivity contribution in [1.82, 2.24) is 4.90 Å². The lowest BCUT2D eigenvalue weighted by Gasteiger charge is -2.19. The number of benzene rings is 3. The van der Waals surface area contributed by atoms with Crippen molar-refractivity contribution in [2.45, 2.75) is 6.61 Å². The molecule has 0 bridgehead atoms. The molecule has 0 spiro atoms. The van der Waals surface area contributed by atoms with Crippen molar-refractivity contribution in [2.24, 2.45) is 0 Å². The summed E-state index contributed by atoms with van der Waals surface area (Å²) >= 11 is 15.0. The third-order valence-electron chi connectivity index (χ3n) is 5.53. The van der Waals surface area contributed by atoms with Gasteiger partial charge >= 0.3 is 5.97 Å². The average molecular weight is 602 g/mol. The van der Waals surface area contributed by atoms with Crippen molar-refractivity contribution in [3.8, 4) is 11.5 Å². The molecule has 1 amide bonds. The molecule has 7 nitrogen and oxygen atoms in total. The van der Waals surface area contributed by atoms with E-state index in [0.29, 0.717) is 34.4 Å². The quantitative estimate of drug-likeness (QED) is 0.183. The van der Waals surface area contributed by atoms with Gasteiger partial charge in [0.1, 0.15) is 18.8 Å². The van der Waals surface area contributed by atoms with Gasteiger partial charge in [-0.25, -0.2) is 0 Å². The van der Waals surface area contributed by atoms with Crippen molar-refractivity contribution >= 4 is 68.5 Å². The SMILES string of the molecule is COC(=O)CN1C(=S)N(c2ccc(Cl)cc2)C(=O)/C1=C/c1ccc(OCc2ccc(Br)cc2)c(OC)c1. The Bertz CT molecular complexity index is 1360. The molecule has 3 aromatic carbocycles. The molecule has 1 aliphatic rings. The Kier molecular flexibility index (Phi) is 8.48. The van der Waals surface area contributed by atoms with Crippen LogP contribution in [0.1, 0.15) is 11.1 Å². The zero-order valence-electron chi connectivity index (χ0n) is 19.9. The van der Waals surface area contributed by atoms with Gasteiger partial charge in [0.05, 0.1) is 19.9 Å². The predicted molar refractivity (Wildman–Crippen MR) is 150 cm³/mol. The van der Waals surface area contributed by atoms with E-state index in [0.717, 1.165) is 10.0 Å². The molecule has 0 atom stereocenters. The largest absolute Gasteiger partial charge is 0.493 e. The van der Waals surface area contributed by atoms with Crippen LogP contribution in [0.15, 0.2) is 76.9 Å². The Morgan fingerprint density at radius 2 is 1.73 bits per heavy atom. The molecule has 4 rings (SSSR count). The molecule has 0 unspecified atom stereocenters. The van der Waals surface area contributed by atoms with E-state index >= 15 is 0 Å². The van der Waals surface area contributed by atoms with E-state index in [1.807, 2.05) is 24.3 Å². The third kappa shape index (κ3) is 6.12. The summed E-state index contributed by atoms with van der Waals surface area (Å²) < 4.78 is 17.3. The van der Waals surface area contributed by atoms with Crippen LogP contribution >= 0.6 is 39.7 Å². The highest BCUT2D eigenvalue weighted by Gasteiger charge is 2.40. The molecular weight excluding hydrogens is 580 g/mol. The number of halogens is 2. The molecular formula is C27H22BrClN2O5S. The number of carbonyl (C=O) groups excluding carboxylic acids is 2. The summed E-state index contributed by atoms with van der Waals surface area (Å²) in [5.41, 5.74) is 2.41. The molecule has 1 saturated heterocycles. The van der Waals surface area contributed by atoms with Crippen LogP contribution in [0.4, 0.5) is 5.69 Å². The first-order valence-corrected chi connectivity index (χ1v) is 12.6. The molecule has 1 heterocycles. The molecule has 3 aromatic rings. The minimum absolute atomic E-state index is 0.158. The number of hydrogen-bond acceptors (Lipinski definition) is 6. The fourth-order valence-electron chi connectivity index (χ4n) is 3.64. The van der Waals surface area contributed by atoms with Crippen LogP contribution < -0.4 is 14.4 Å². The second-order valence-electron chi connectivity index (χ2n) is 7.92. The summed E-state index contributed by atoms with van der Waals surface area (Å²) in [6.07, 6.45) is 1.65. The van der Waals surface area contributed by atoms with Gasteiger partial charge < -0.3 is 19.1 Å². The minimum atomic E-state index is -0.534. The summed E-state index contributed by atoms with van der Waals surface area (Å²) in [4.78, 5) is 28.4. The van der Waals surface area contributed by atoms with Gasteiger partial charge in [0, 0.05) is 9.50 Å². The van der Waals surface area contributed by atoms with E-state index in [1.165, 1.54) is 16.9 Å². The third-order valence-corrected chi connectivity index (χ3v) is 6.72. The van der Waals surface area contributed by atoms with Crippen LogP contribution in [0, 0.1) is 0 Å². The van der Waals surface area contributed by atoms with Gasteiger partial charge in [0.2, 0.25) is 0 Å². The van der Waals surface area contributed by atoms with Gasteiger partial charge in [0.15, 0.2) is 16.6 Å². The van der Waals surface area contributed by atoms with Gasteiger partial charge in [-0.1, -0.05) is 45.7 Å². The van der Waals surface area contributed by atoms with Crippen LogP contribution in [0.3, 0.4) is 0 Å². The molecule has 0 aliphatic carbocycles. The highest BCUT2D eigenvalue weighted by Crippen LogP contribution is 2.33. The number of methoxy groups -OCH3 is 2. The molecule has 190 valence electrons. The summed E-state index contributed by atoms with van der Waals surface area (Å²) in [5.74, 6) is 0.127. The molecule has 1 aliphatic heterocycles. The Hall–Kier alpha value is -3.40. The zero-order chi connectivity index (χ0) is 26.5. The molecule has 0 aromatic heterocycles. The van der Waals surface area contributed by atoms with Crippen molar-refractivity contribution in [2.75, 3.05) is 25.7 Å². The molecule has 1 fully saturated rings. The molecule has 0 radical (unpaired) electrons. The van der Waals surface area contributed by atoms with Crippen molar-refractivity contribution < 1.29 is 23.8 Å². The fourth-order valence-corrected chi connectivity index (χ4v) is 4.38. The maximum absolute atomic E-state index is 13.5. The highest BCUT2D eigenvalue weighted by atomic mass is 79.9. The summed E-state index contributed by atoms with van der Waals surface area (Å²) in [6.45, 7) is 0.141. The molecule has 10 heteroatoms. The second-order valence-corrected chi connectivity index (χ2v) is 9.63. The van der Waals surface area contributed by atoms with Crippen LogP contribution in [0.25, 0.3) is 6.08 Å². The first-order valence-electron chi connectivity index (χ1n) is 11.1. The number of carbonyl (C=O) groups is 2. The van der Waals surface area contributed by atoms with E-state index < -0.39 is 5.97 Å². The number of amides is 1. The Labute approximate surface area is 233 Å². The summed E-state index contributed by atoms with van der Waals surface area (Å²) in [7, 11) is 2.82. The Morgan fingerprint density at radius 1 is 1.03 bits per heavy atom. The second kappa shape index (κ2) is 11.8. The van der Waals surface area contributed by atoms with E-state index in [9.17, 15) is 9.59 Å². The Balaban J connectivity index is 1.64. The van der Waals surface area contributed by atoms with Crippen molar-refractivity contribution in [3.63, 3.8) is 0 Å². The van der Waals surface area contributed by atoms with E-state index in [1.54, 1.807) is 55.7 Å². The Morgan fingerprint density at radius 3 is 2.38 bits per heavy atom. The highest BCUT2D eigenvalue weighted by molar-refractivity contribution is 9.10. The van der Waals surface area contributed by atoms with Crippen LogP contribution in [0.5, 0.6) is 11.5 Å². The molecule has 37 heavy (non-hydrogen) atoms. The number of hydrogen-bond donors (Lipinski definition) is 0. The maximum atomic E-state index is 13.5. The van der Waals surface area contributed by atoms with Crippen LogP contribution in [-0.2, 0) is 20.9 Å². The average Bonchev–Trinajstić information content (AvgIpc) is 3.13. The maximum Gasteiger partial charge on any atom is 0.325 e. The van der Waals surface area contributed by atoms with Gasteiger partial charge in [-0.15, -0.1) is 0 Å². The molecule has 0 saturated carbocycles. The number of nitrogens with zero attached hydrogens (tertiary/aromatic N) is 2. The minimum Gasteiger partial charge on any atom is -0.493 e. The first kappa shape index (κ1) is 26.7. The van der Waals surface area contributed by atoms with Crippen molar-refractivity contribution in [1.29, 1.82) is 0 Å². The monoisotopic (exact) mass is 600 g/mol. The van der Waals surface area contributed by atoms with Gasteiger partial charge in [-0.05, 0) is 78.0 Å². The lowest BCUT2D eigenvalue weighted by atomic mass is 10.1. The number of thiocarbonyl (C=S) groups is 1. The van der Waals surface area contributed by atoms with Gasteiger partial charge in [-0.2, -0.15) is 0 Å². The lowest BCUT2D eigenvalue weighted by Crippen LogP contribution is -2.35. The number of esters is 1.